The number of hydrogen-bond donors (Lipinski definition) is 1. The second kappa shape index (κ2) is 3.66. The topological polar surface area (TPSA) is 54.7 Å². The second-order valence-electron chi connectivity index (χ2n) is 3.40. The molecule has 16 heavy (non-hydrogen) atoms. The van der Waals surface area contributed by atoms with Crippen molar-refractivity contribution in [3.8, 4) is 0 Å². The summed E-state index contributed by atoms with van der Waals surface area (Å²) in [4.78, 5) is 7.61. The van der Waals surface area contributed by atoms with Crippen LogP contribution in [0.15, 0.2) is 41.1 Å². The number of fused-ring (bicyclic) bond motifs is 1. The number of para-hydroxylation sites is 2. The van der Waals surface area contributed by atoms with Crippen LogP contribution in [0.25, 0.3) is 23.2 Å². The van der Waals surface area contributed by atoms with Crippen LogP contribution < -0.4 is 0 Å². The van der Waals surface area contributed by atoms with E-state index in [0.29, 0.717) is 0 Å². The molecule has 0 radical (unpaired) electrons. The Labute approximate surface area is 91.6 Å². The Bertz CT molecular complexity index is 590. The molecule has 0 aliphatic rings. The van der Waals surface area contributed by atoms with Crippen LogP contribution in [0.3, 0.4) is 0 Å². The van der Waals surface area contributed by atoms with Crippen LogP contribution in [0, 0.1) is 0 Å². The summed E-state index contributed by atoms with van der Waals surface area (Å²) in [5.74, 6) is 0.809. The van der Waals surface area contributed by atoms with Crippen molar-refractivity contribution in [2.45, 2.75) is 0 Å². The molecule has 0 saturated heterocycles. The molecule has 2 aromatic heterocycles. The molecular weight excluding hydrogens is 202 g/mol. The van der Waals surface area contributed by atoms with Crippen LogP contribution in [0.4, 0.5) is 0 Å². The summed E-state index contributed by atoms with van der Waals surface area (Å²) in [6.45, 7) is 0. The van der Waals surface area contributed by atoms with E-state index in [-0.39, 0.29) is 0 Å². The van der Waals surface area contributed by atoms with Gasteiger partial charge in [0.25, 0.3) is 0 Å². The molecule has 0 aliphatic carbocycles. The van der Waals surface area contributed by atoms with Crippen LogP contribution in [0.1, 0.15) is 11.5 Å². The zero-order valence-corrected chi connectivity index (χ0v) is 8.42. The zero-order valence-electron chi connectivity index (χ0n) is 8.42. The van der Waals surface area contributed by atoms with Crippen molar-refractivity contribution in [2.75, 3.05) is 0 Å². The number of imidazole rings is 1. The van der Waals surface area contributed by atoms with Crippen molar-refractivity contribution in [2.24, 2.45) is 0 Å². The molecule has 78 valence electrons. The number of H-pyrrole nitrogens is 1. The molecule has 1 aromatic carbocycles. The van der Waals surface area contributed by atoms with E-state index < -0.39 is 0 Å². The van der Waals surface area contributed by atoms with Crippen molar-refractivity contribution < 1.29 is 4.52 Å². The summed E-state index contributed by atoms with van der Waals surface area (Å²) in [6, 6.07) is 9.70. The van der Waals surface area contributed by atoms with Gasteiger partial charge in [0.2, 0.25) is 0 Å². The normalized spacial score (nSPS) is 11.5. The summed E-state index contributed by atoms with van der Waals surface area (Å²) in [6.07, 6.45) is 5.26. The minimum atomic E-state index is 0.778. The molecule has 3 aromatic rings. The van der Waals surface area contributed by atoms with E-state index in [0.717, 1.165) is 22.6 Å². The van der Waals surface area contributed by atoms with Gasteiger partial charge in [0.1, 0.15) is 17.8 Å². The predicted molar refractivity (Wildman–Crippen MR) is 61.5 cm³/mol. The van der Waals surface area contributed by atoms with Gasteiger partial charge in [-0.15, -0.1) is 0 Å². The highest BCUT2D eigenvalue weighted by atomic mass is 16.5. The standard InChI is InChI=1S/C12H9N3O/c1-2-4-11-10(3-1)13-12(14-11)6-5-9-7-8-16-15-9/h1-8H,(H,13,14). The number of benzene rings is 1. The number of hydrogen-bond acceptors (Lipinski definition) is 3. The van der Waals surface area contributed by atoms with Gasteiger partial charge in [-0.2, -0.15) is 0 Å². The summed E-state index contributed by atoms with van der Waals surface area (Å²) in [7, 11) is 0. The number of rotatable bonds is 2. The molecule has 0 unspecified atom stereocenters. The molecule has 0 fully saturated rings. The number of aromatic nitrogens is 3. The van der Waals surface area contributed by atoms with Crippen LogP contribution in [-0.4, -0.2) is 15.1 Å². The third-order valence-electron chi connectivity index (χ3n) is 2.28. The monoisotopic (exact) mass is 211 g/mol. The third-order valence-corrected chi connectivity index (χ3v) is 2.28. The predicted octanol–water partition coefficient (Wildman–Crippen LogP) is 2.72. The van der Waals surface area contributed by atoms with E-state index in [1.54, 1.807) is 6.07 Å². The quantitative estimate of drug-likeness (QED) is 0.709. The van der Waals surface area contributed by atoms with Crippen molar-refractivity contribution in [1.82, 2.24) is 15.1 Å². The lowest BCUT2D eigenvalue weighted by Crippen LogP contribution is -1.73. The van der Waals surface area contributed by atoms with Gasteiger partial charge in [-0.05, 0) is 24.3 Å². The van der Waals surface area contributed by atoms with Crippen molar-refractivity contribution in [3.05, 3.63) is 48.1 Å². The lowest BCUT2D eigenvalue weighted by Gasteiger charge is -1.82. The molecule has 2 heterocycles. The highest BCUT2D eigenvalue weighted by molar-refractivity contribution is 5.78. The maximum Gasteiger partial charge on any atom is 0.131 e. The summed E-state index contributed by atoms with van der Waals surface area (Å²) >= 11 is 0. The van der Waals surface area contributed by atoms with Gasteiger partial charge in [-0.1, -0.05) is 17.3 Å². The molecule has 1 N–H and O–H groups in total. The SMILES string of the molecule is C(=Cc1nc2ccccc2[nH]1)c1ccon1. The van der Waals surface area contributed by atoms with E-state index in [2.05, 4.69) is 15.1 Å². The lowest BCUT2D eigenvalue weighted by atomic mass is 10.3. The molecule has 0 aliphatic heterocycles. The van der Waals surface area contributed by atoms with E-state index >= 15 is 0 Å². The van der Waals surface area contributed by atoms with Crippen LogP contribution in [0.2, 0.25) is 0 Å². The van der Waals surface area contributed by atoms with Crippen LogP contribution in [0.5, 0.6) is 0 Å². The van der Waals surface area contributed by atoms with Gasteiger partial charge < -0.3 is 9.51 Å². The minimum absolute atomic E-state index is 0.778. The highest BCUT2D eigenvalue weighted by Crippen LogP contribution is 2.12. The maximum absolute atomic E-state index is 4.73. The Balaban J connectivity index is 1.95. The average molecular weight is 211 g/mol. The Morgan fingerprint density at radius 1 is 1.12 bits per heavy atom. The molecule has 4 nitrogen and oxygen atoms in total. The smallest absolute Gasteiger partial charge is 0.131 e. The van der Waals surface area contributed by atoms with Crippen molar-refractivity contribution in [1.29, 1.82) is 0 Å². The van der Waals surface area contributed by atoms with Gasteiger partial charge in [0.15, 0.2) is 0 Å². The fraction of sp³-hybridized carbons (Fsp3) is 0. The Kier molecular flexibility index (Phi) is 2.04. The summed E-state index contributed by atoms with van der Waals surface area (Å²) < 4.78 is 4.73. The molecular formula is C12H9N3O. The molecule has 0 amide bonds. The molecule has 0 spiro atoms. The molecule has 3 rings (SSSR count). The largest absolute Gasteiger partial charge is 0.364 e. The van der Waals surface area contributed by atoms with Crippen molar-refractivity contribution >= 4 is 23.2 Å². The van der Waals surface area contributed by atoms with Crippen molar-refractivity contribution in [3.63, 3.8) is 0 Å². The number of nitrogens with zero attached hydrogens (tertiary/aromatic N) is 2. The van der Waals surface area contributed by atoms with E-state index in [1.807, 2.05) is 36.4 Å². The van der Waals surface area contributed by atoms with Gasteiger partial charge in [0, 0.05) is 6.07 Å². The fourth-order valence-corrected chi connectivity index (χ4v) is 1.52. The van der Waals surface area contributed by atoms with Gasteiger partial charge in [-0.25, -0.2) is 4.98 Å². The first kappa shape index (κ1) is 8.91. The van der Waals surface area contributed by atoms with Gasteiger partial charge >= 0.3 is 0 Å². The maximum atomic E-state index is 4.73. The fourth-order valence-electron chi connectivity index (χ4n) is 1.52. The van der Waals surface area contributed by atoms with Crippen LogP contribution in [-0.2, 0) is 0 Å². The van der Waals surface area contributed by atoms with Crippen LogP contribution >= 0.6 is 0 Å². The summed E-state index contributed by atoms with van der Waals surface area (Å²) in [5.41, 5.74) is 2.77. The average Bonchev–Trinajstić information content (AvgIpc) is 2.95. The first-order chi connectivity index (χ1) is 7.92. The van der Waals surface area contributed by atoms with E-state index in [4.69, 9.17) is 4.52 Å². The van der Waals surface area contributed by atoms with Gasteiger partial charge in [0.05, 0.1) is 11.0 Å². The molecule has 0 bridgehead atoms. The van der Waals surface area contributed by atoms with E-state index in [1.165, 1.54) is 6.26 Å². The third kappa shape index (κ3) is 1.61. The Hall–Kier alpha value is -2.36. The second-order valence-corrected chi connectivity index (χ2v) is 3.40. The zero-order chi connectivity index (χ0) is 10.8. The number of aromatic amines is 1. The molecule has 0 atom stereocenters. The lowest BCUT2D eigenvalue weighted by molar-refractivity contribution is 0.418. The minimum Gasteiger partial charge on any atom is -0.364 e. The highest BCUT2D eigenvalue weighted by Gasteiger charge is 1.98. The Morgan fingerprint density at radius 2 is 2.06 bits per heavy atom. The number of nitrogens with one attached hydrogen (secondary N) is 1. The van der Waals surface area contributed by atoms with Gasteiger partial charge in [-0.3, -0.25) is 0 Å². The first-order valence-corrected chi connectivity index (χ1v) is 4.95. The first-order valence-electron chi connectivity index (χ1n) is 4.95. The Morgan fingerprint density at radius 3 is 2.88 bits per heavy atom. The molecule has 4 heteroatoms. The molecule has 0 saturated carbocycles. The van der Waals surface area contributed by atoms with E-state index in [9.17, 15) is 0 Å². The summed E-state index contributed by atoms with van der Waals surface area (Å²) in [5, 5.41) is 3.78.